The van der Waals surface area contributed by atoms with E-state index in [-0.39, 0.29) is 17.1 Å². The fraction of sp³-hybridized carbons (Fsp3) is 0.333. The molecule has 0 amide bonds. The molecule has 0 aliphatic heterocycles. The highest BCUT2D eigenvalue weighted by molar-refractivity contribution is 6.30. The van der Waals surface area contributed by atoms with Gasteiger partial charge < -0.3 is 5.32 Å². The Hall–Kier alpha value is -1.88. The van der Waals surface area contributed by atoms with Crippen LogP contribution in [0.15, 0.2) is 35.3 Å². The molecular weight excluding hydrogens is 293 g/mol. The second kappa shape index (κ2) is 5.85. The number of hydrogen-bond acceptors (Lipinski definition) is 3. The van der Waals surface area contributed by atoms with Crippen LogP contribution in [0.2, 0.25) is 5.02 Å². The SMILES string of the molecule is O=c1cc(NCC2CC2)cnn1Cc1ccc(F)c(Cl)c1. The number of aromatic nitrogens is 2. The minimum Gasteiger partial charge on any atom is -0.383 e. The molecule has 3 rings (SSSR count). The van der Waals surface area contributed by atoms with Crippen molar-refractivity contribution in [2.45, 2.75) is 19.4 Å². The summed E-state index contributed by atoms with van der Waals surface area (Å²) in [5.41, 5.74) is 1.27. The van der Waals surface area contributed by atoms with E-state index < -0.39 is 5.82 Å². The minimum absolute atomic E-state index is 0.0447. The molecule has 1 aromatic carbocycles. The van der Waals surface area contributed by atoms with Gasteiger partial charge in [-0.05, 0) is 36.5 Å². The Morgan fingerprint density at radius 2 is 2.19 bits per heavy atom. The first-order valence-electron chi connectivity index (χ1n) is 6.87. The molecule has 1 aliphatic carbocycles. The zero-order chi connectivity index (χ0) is 14.8. The van der Waals surface area contributed by atoms with Gasteiger partial charge in [0.1, 0.15) is 5.82 Å². The van der Waals surface area contributed by atoms with E-state index in [1.165, 1.54) is 35.7 Å². The largest absolute Gasteiger partial charge is 0.383 e. The van der Waals surface area contributed by atoms with Crippen molar-refractivity contribution in [2.24, 2.45) is 5.92 Å². The summed E-state index contributed by atoms with van der Waals surface area (Å²) in [4.78, 5) is 12.0. The highest BCUT2D eigenvalue weighted by Gasteiger charge is 2.20. The Labute approximate surface area is 126 Å². The van der Waals surface area contributed by atoms with Crippen molar-refractivity contribution >= 4 is 17.3 Å². The van der Waals surface area contributed by atoms with Crippen molar-refractivity contribution in [1.82, 2.24) is 9.78 Å². The van der Waals surface area contributed by atoms with Crippen LogP contribution in [0.1, 0.15) is 18.4 Å². The molecule has 1 saturated carbocycles. The van der Waals surface area contributed by atoms with Gasteiger partial charge in [-0.15, -0.1) is 0 Å². The van der Waals surface area contributed by atoms with Crippen LogP contribution in [0.5, 0.6) is 0 Å². The van der Waals surface area contributed by atoms with Gasteiger partial charge in [0.25, 0.3) is 5.56 Å². The third-order valence-corrected chi connectivity index (χ3v) is 3.77. The molecule has 1 aromatic heterocycles. The van der Waals surface area contributed by atoms with Gasteiger partial charge in [-0.1, -0.05) is 17.7 Å². The standard InChI is InChI=1S/C15H15ClFN3O/c16-13-5-11(3-4-14(13)17)9-20-15(21)6-12(8-19-20)18-7-10-1-2-10/h3-6,8,10,18H,1-2,7,9H2. The molecular formula is C15H15ClFN3O. The second-order valence-electron chi connectivity index (χ2n) is 5.31. The first-order chi connectivity index (χ1) is 10.1. The van der Waals surface area contributed by atoms with Gasteiger partial charge >= 0.3 is 0 Å². The van der Waals surface area contributed by atoms with Crippen molar-refractivity contribution in [3.05, 3.63) is 57.2 Å². The average Bonchev–Trinajstić information content (AvgIpc) is 3.27. The molecule has 1 heterocycles. The normalized spacial score (nSPS) is 14.2. The molecule has 0 saturated heterocycles. The lowest BCUT2D eigenvalue weighted by molar-refractivity contribution is 0.619. The summed E-state index contributed by atoms with van der Waals surface area (Å²) in [5.74, 6) is 0.258. The van der Waals surface area contributed by atoms with Crippen molar-refractivity contribution < 1.29 is 4.39 Å². The Balaban J connectivity index is 1.72. The van der Waals surface area contributed by atoms with Crippen LogP contribution in [-0.4, -0.2) is 16.3 Å². The lowest BCUT2D eigenvalue weighted by atomic mass is 10.2. The summed E-state index contributed by atoms with van der Waals surface area (Å²) in [6, 6.07) is 5.91. The van der Waals surface area contributed by atoms with Crippen molar-refractivity contribution in [2.75, 3.05) is 11.9 Å². The number of rotatable bonds is 5. The average molecular weight is 308 g/mol. The summed E-state index contributed by atoms with van der Waals surface area (Å²) >= 11 is 5.73. The smallest absolute Gasteiger partial charge is 0.269 e. The number of nitrogens with one attached hydrogen (secondary N) is 1. The summed E-state index contributed by atoms with van der Waals surface area (Å²) in [5, 5.41) is 7.38. The summed E-state index contributed by atoms with van der Waals surface area (Å²) in [7, 11) is 0. The van der Waals surface area contributed by atoms with Crippen LogP contribution in [0.3, 0.4) is 0 Å². The molecule has 0 radical (unpaired) electrons. The summed E-state index contributed by atoms with van der Waals surface area (Å²) < 4.78 is 14.4. The highest BCUT2D eigenvalue weighted by atomic mass is 35.5. The van der Waals surface area contributed by atoms with Crippen LogP contribution < -0.4 is 10.9 Å². The van der Waals surface area contributed by atoms with E-state index >= 15 is 0 Å². The van der Waals surface area contributed by atoms with Crippen LogP contribution >= 0.6 is 11.6 Å². The zero-order valence-electron chi connectivity index (χ0n) is 11.4. The molecule has 110 valence electrons. The van der Waals surface area contributed by atoms with Gasteiger partial charge in [0.2, 0.25) is 0 Å². The lowest BCUT2D eigenvalue weighted by Gasteiger charge is -2.08. The van der Waals surface area contributed by atoms with E-state index in [2.05, 4.69) is 10.4 Å². The molecule has 0 bridgehead atoms. The zero-order valence-corrected chi connectivity index (χ0v) is 12.1. The summed E-state index contributed by atoms with van der Waals surface area (Å²) in [6.45, 7) is 1.15. The highest BCUT2D eigenvalue weighted by Crippen LogP contribution is 2.28. The predicted octanol–water partition coefficient (Wildman–Crippen LogP) is 2.91. The Bertz CT molecular complexity index is 712. The molecule has 0 spiro atoms. The van der Waals surface area contributed by atoms with Gasteiger partial charge in [0.05, 0.1) is 23.5 Å². The maximum atomic E-state index is 13.1. The third-order valence-electron chi connectivity index (χ3n) is 3.48. The molecule has 1 aliphatic rings. The number of halogens is 2. The first kappa shape index (κ1) is 14.1. The Morgan fingerprint density at radius 3 is 2.86 bits per heavy atom. The topological polar surface area (TPSA) is 46.9 Å². The van der Waals surface area contributed by atoms with E-state index in [9.17, 15) is 9.18 Å². The van der Waals surface area contributed by atoms with Crippen LogP contribution in [0.25, 0.3) is 0 Å². The minimum atomic E-state index is -0.472. The van der Waals surface area contributed by atoms with Gasteiger partial charge in [-0.2, -0.15) is 5.10 Å². The van der Waals surface area contributed by atoms with Crippen LogP contribution in [0, 0.1) is 11.7 Å². The van der Waals surface area contributed by atoms with Gasteiger partial charge in [0, 0.05) is 12.6 Å². The maximum absolute atomic E-state index is 13.1. The van der Waals surface area contributed by atoms with Crippen LogP contribution in [0.4, 0.5) is 10.1 Å². The van der Waals surface area contributed by atoms with Gasteiger partial charge in [-0.25, -0.2) is 9.07 Å². The van der Waals surface area contributed by atoms with E-state index in [1.807, 2.05) is 0 Å². The quantitative estimate of drug-likeness (QED) is 0.924. The molecule has 6 heteroatoms. The molecule has 21 heavy (non-hydrogen) atoms. The number of nitrogens with zero attached hydrogens (tertiary/aromatic N) is 2. The molecule has 0 unspecified atom stereocenters. The molecule has 0 atom stereocenters. The number of benzene rings is 1. The van der Waals surface area contributed by atoms with Crippen molar-refractivity contribution in [3.8, 4) is 0 Å². The van der Waals surface area contributed by atoms with Gasteiger partial charge in [-0.3, -0.25) is 4.79 Å². The van der Waals surface area contributed by atoms with Crippen molar-refractivity contribution in [3.63, 3.8) is 0 Å². The molecule has 4 nitrogen and oxygen atoms in total. The number of anilines is 1. The maximum Gasteiger partial charge on any atom is 0.269 e. The van der Waals surface area contributed by atoms with Crippen LogP contribution in [-0.2, 0) is 6.54 Å². The fourth-order valence-corrected chi connectivity index (χ4v) is 2.25. The Kier molecular flexibility index (Phi) is 3.92. The van der Waals surface area contributed by atoms with Crippen molar-refractivity contribution in [1.29, 1.82) is 0 Å². The predicted molar refractivity (Wildman–Crippen MR) is 80.2 cm³/mol. The fourth-order valence-electron chi connectivity index (χ4n) is 2.04. The molecule has 2 aromatic rings. The van der Waals surface area contributed by atoms with Gasteiger partial charge in [0.15, 0.2) is 0 Å². The summed E-state index contributed by atoms with van der Waals surface area (Å²) in [6.07, 6.45) is 4.14. The third kappa shape index (κ3) is 3.61. The van der Waals surface area contributed by atoms with E-state index in [1.54, 1.807) is 12.3 Å². The van der Waals surface area contributed by atoms with E-state index in [0.717, 1.165) is 23.7 Å². The lowest BCUT2D eigenvalue weighted by Crippen LogP contribution is -2.23. The molecule has 1 N–H and O–H groups in total. The second-order valence-corrected chi connectivity index (χ2v) is 5.72. The monoisotopic (exact) mass is 307 g/mol. The van der Waals surface area contributed by atoms with E-state index in [4.69, 9.17) is 11.6 Å². The number of hydrogen-bond donors (Lipinski definition) is 1. The van der Waals surface area contributed by atoms with E-state index in [0.29, 0.717) is 0 Å². The first-order valence-corrected chi connectivity index (χ1v) is 7.24. The Morgan fingerprint density at radius 1 is 1.38 bits per heavy atom. The molecule has 1 fully saturated rings.